The first-order chi connectivity index (χ1) is 41.2. The number of aliphatic hydroxyl groups is 5. The second-order valence-corrected chi connectivity index (χ2v) is 24.2. The van der Waals surface area contributed by atoms with E-state index >= 15 is 0 Å². The SMILES string of the molecule is CC/C=C\C/C=C\C/C=C\C/C=C\C/C=C\CCCCCCCCCCC(O)C(=O)NC(COC1OC(CO)C(O)C(O)C1OC(=O)CCCCCCCCCCCCCCCCCCCCC)C(O)/C=C/CCCCCCCCCCCC. The molecule has 11 nitrogen and oxygen atoms in total. The lowest BCUT2D eigenvalue weighted by Gasteiger charge is -2.41. The van der Waals surface area contributed by atoms with Crippen molar-refractivity contribution in [2.75, 3.05) is 13.2 Å². The highest BCUT2D eigenvalue weighted by Crippen LogP contribution is 2.26. The van der Waals surface area contributed by atoms with Crippen LogP contribution in [0.2, 0.25) is 0 Å². The number of aliphatic hydroxyl groups excluding tert-OH is 5. The maximum absolute atomic E-state index is 13.5. The Hall–Kier alpha value is -2.90. The van der Waals surface area contributed by atoms with Crippen LogP contribution in [0.15, 0.2) is 72.9 Å². The molecule has 0 radical (unpaired) electrons. The number of carbonyl (C=O) groups is 2. The zero-order valence-corrected chi connectivity index (χ0v) is 54.3. The third kappa shape index (κ3) is 47.2. The van der Waals surface area contributed by atoms with E-state index in [1.807, 2.05) is 6.08 Å². The van der Waals surface area contributed by atoms with Crippen molar-refractivity contribution in [3.8, 4) is 0 Å². The Labute approximate surface area is 515 Å². The highest BCUT2D eigenvalue weighted by molar-refractivity contribution is 5.80. The first kappa shape index (κ1) is 79.1. The summed E-state index contributed by atoms with van der Waals surface area (Å²) in [6.45, 7) is 5.71. The van der Waals surface area contributed by atoms with Gasteiger partial charge in [0.25, 0.3) is 0 Å². The molecule has 488 valence electrons. The zero-order chi connectivity index (χ0) is 61.0. The number of carbonyl (C=O) groups excluding carboxylic acids is 2. The number of hydrogen-bond acceptors (Lipinski definition) is 10. The molecule has 1 fully saturated rings. The summed E-state index contributed by atoms with van der Waals surface area (Å²) in [5.41, 5.74) is 0. The summed E-state index contributed by atoms with van der Waals surface area (Å²) >= 11 is 0. The van der Waals surface area contributed by atoms with Crippen molar-refractivity contribution in [2.45, 2.75) is 365 Å². The van der Waals surface area contributed by atoms with Crippen molar-refractivity contribution in [3.63, 3.8) is 0 Å². The van der Waals surface area contributed by atoms with Crippen LogP contribution in [0.5, 0.6) is 0 Å². The summed E-state index contributed by atoms with van der Waals surface area (Å²) in [7, 11) is 0. The molecule has 8 atom stereocenters. The molecule has 0 aliphatic carbocycles. The minimum absolute atomic E-state index is 0.125. The zero-order valence-electron chi connectivity index (χ0n) is 54.3. The number of esters is 1. The van der Waals surface area contributed by atoms with Crippen molar-refractivity contribution in [2.24, 2.45) is 0 Å². The number of rotatable bonds is 60. The molecule has 11 heteroatoms. The van der Waals surface area contributed by atoms with E-state index in [0.717, 1.165) is 96.3 Å². The van der Waals surface area contributed by atoms with Gasteiger partial charge in [0.1, 0.15) is 24.4 Å². The van der Waals surface area contributed by atoms with Crippen LogP contribution in [0.25, 0.3) is 0 Å². The van der Waals surface area contributed by atoms with Crippen LogP contribution < -0.4 is 5.32 Å². The fourth-order valence-corrected chi connectivity index (χ4v) is 10.9. The Balaban J connectivity index is 2.59. The van der Waals surface area contributed by atoms with Crippen molar-refractivity contribution >= 4 is 11.9 Å². The molecule has 84 heavy (non-hydrogen) atoms. The quantitative estimate of drug-likeness (QED) is 0.0195. The number of hydrogen-bond donors (Lipinski definition) is 6. The lowest BCUT2D eigenvalue weighted by molar-refractivity contribution is -0.305. The molecule has 1 heterocycles. The summed E-state index contributed by atoms with van der Waals surface area (Å²) in [6.07, 6.45) is 67.9. The lowest BCUT2D eigenvalue weighted by Crippen LogP contribution is -2.61. The second-order valence-electron chi connectivity index (χ2n) is 24.2. The van der Waals surface area contributed by atoms with Gasteiger partial charge < -0.3 is 45.1 Å². The second kappa shape index (κ2) is 60.4. The molecule has 0 spiro atoms. The van der Waals surface area contributed by atoms with Crippen molar-refractivity contribution in [3.05, 3.63) is 72.9 Å². The van der Waals surface area contributed by atoms with Crippen molar-refractivity contribution < 1.29 is 49.3 Å². The highest BCUT2D eigenvalue weighted by atomic mass is 16.7. The third-order valence-electron chi connectivity index (χ3n) is 16.4. The van der Waals surface area contributed by atoms with Gasteiger partial charge in [0.05, 0.1) is 25.4 Å². The maximum atomic E-state index is 13.5. The summed E-state index contributed by atoms with van der Waals surface area (Å²) < 4.78 is 17.7. The van der Waals surface area contributed by atoms with Gasteiger partial charge in [0.2, 0.25) is 5.91 Å². The summed E-state index contributed by atoms with van der Waals surface area (Å²) in [5.74, 6) is -1.19. The molecular formula is C73H131NO10. The van der Waals surface area contributed by atoms with Crippen molar-refractivity contribution in [1.82, 2.24) is 5.32 Å². The maximum Gasteiger partial charge on any atom is 0.306 e. The number of nitrogens with one attached hydrogen (secondary N) is 1. The van der Waals surface area contributed by atoms with E-state index < -0.39 is 67.4 Å². The number of unbranched alkanes of at least 4 members (excludes halogenated alkanes) is 36. The smallest absolute Gasteiger partial charge is 0.306 e. The monoisotopic (exact) mass is 1180 g/mol. The molecule has 6 N–H and O–H groups in total. The van der Waals surface area contributed by atoms with E-state index in [4.69, 9.17) is 14.2 Å². The van der Waals surface area contributed by atoms with Crippen LogP contribution in [0.3, 0.4) is 0 Å². The summed E-state index contributed by atoms with van der Waals surface area (Å²) in [6, 6.07) is -1.03. The van der Waals surface area contributed by atoms with Crippen LogP contribution in [0.1, 0.15) is 316 Å². The predicted molar refractivity (Wildman–Crippen MR) is 352 cm³/mol. The Morgan fingerprint density at radius 1 is 0.476 bits per heavy atom. The molecule has 1 saturated heterocycles. The molecule has 0 aromatic heterocycles. The van der Waals surface area contributed by atoms with Crippen molar-refractivity contribution in [1.29, 1.82) is 0 Å². The molecule has 0 saturated carbocycles. The molecule has 0 aromatic rings. The minimum Gasteiger partial charge on any atom is -0.454 e. The van der Waals surface area contributed by atoms with E-state index in [9.17, 15) is 35.1 Å². The highest BCUT2D eigenvalue weighted by Gasteiger charge is 2.47. The van der Waals surface area contributed by atoms with Gasteiger partial charge in [-0.15, -0.1) is 0 Å². The van der Waals surface area contributed by atoms with Gasteiger partial charge >= 0.3 is 5.97 Å². The lowest BCUT2D eigenvalue weighted by atomic mass is 9.99. The molecule has 0 aromatic carbocycles. The summed E-state index contributed by atoms with van der Waals surface area (Å²) in [4.78, 5) is 26.7. The van der Waals surface area contributed by atoms with Gasteiger partial charge in [-0.05, 0) is 70.6 Å². The van der Waals surface area contributed by atoms with Gasteiger partial charge in [0.15, 0.2) is 12.4 Å². The molecule has 1 amide bonds. The average Bonchev–Trinajstić information content (AvgIpc) is 3.54. The van der Waals surface area contributed by atoms with Gasteiger partial charge in [-0.25, -0.2) is 0 Å². The standard InChI is InChI=1S/C73H131NO10/c1-4-7-10-13-16-19-22-25-27-29-31-32-33-34-35-37-38-40-42-45-48-51-54-57-60-66(77)72(81)74-64(65(76)59-56-53-50-47-44-24-21-18-15-12-9-6-3)63-82-73-71(70(80)69(79)67(62-75)83-73)84-68(78)61-58-55-52-49-46-43-41-39-36-30-28-26-23-20-17-14-11-8-5-2/h7,10,16,19,25,27,31-32,34-35,56,59,64-67,69-71,73,75-77,79-80H,4-6,8-9,11-15,17-18,20-24,26,28-30,33,36-55,57-58,60-63H2,1-3H3,(H,74,81)/b10-7-,19-16-,27-25-,32-31-,35-34-,59-56+. The van der Waals surface area contributed by atoms with Crippen LogP contribution in [0.4, 0.5) is 0 Å². The normalized spacial score (nSPS) is 18.9. The van der Waals surface area contributed by atoms with E-state index in [2.05, 4.69) is 86.8 Å². The van der Waals surface area contributed by atoms with Crippen LogP contribution in [0, 0.1) is 0 Å². The summed E-state index contributed by atoms with van der Waals surface area (Å²) in [5, 5.41) is 57.2. The molecule has 1 rings (SSSR count). The van der Waals surface area contributed by atoms with Crippen LogP contribution in [-0.2, 0) is 23.8 Å². The van der Waals surface area contributed by atoms with Crippen LogP contribution in [-0.4, -0.2) is 99.6 Å². The molecule has 0 bridgehead atoms. The number of allylic oxidation sites excluding steroid dienone is 11. The van der Waals surface area contributed by atoms with Gasteiger partial charge in [0, 0.05) is 6.42 Å². The topological polar surface area (TPSA) is 175 Å². The molecule has 1 aliphatic rings. The average molecular weight is 1180 g/mol. The fourth-order valence-electron chi connectivity index (χ4n) is 10.9. The van der Waals surface area contributed by atoms with Crippen LogP contribution >= 0.6 is 0 Å². The Kier molecular flexibility index (Phi) is 56.9. The van der Waals surface area contributed by atoms with E-state index in [0.29, 0.717) is 12.8 Å². The van der Waals surface area contributed by atoms with Gasteiger partial charge in [-0.3, -0.25) is 9.59 Å². The predicted octanol–water partition coefficient (Wildman–Crippen LogP) is 17.9. The van der Waals surface area contributed by atoms with E-state index in [-0.39, 0.29) is 19.4 Å². The minimum atomic E-state index is -1.61. The number of ether oxygens (including phenoxy) is 3. The number of amides is 1. The Morgan fingerprint density at radius 2 is 0.857 bits per heavy atom. The van der Waals surface area contributed by atoms with Gasteiger partial charge in [-0.2, -0.15) is 0 Å². The molecular weight excluding hydrogens is 1050 g/mol. The van der Waals surface area contributed by atoms with E-state index in [1.54, 1.807) is 6.08 Å². The largest absolute Gasteiger partial charge is 0.454 e. The third-order valence-corrected chi connectivity index (χ3v) is 16.4. The Morgan fingerprint density at radius 3 is 1.29 bits per heavy atom. The first-order valence-corrected chi connectivity index (χ1v) is 35.2. The molecule has 1 aliphatic heterocycles. The first-order valence-electron chi connectivity index (χ1n) is 35.2. The fraction of sp³-hybridized carbons (Fsp3) is 0.808. The molecule has 8 unspecified atom stereocenters. The van der Waals surface area contributed by atoms with E-state index in [1.165, 1.54) is 173 Å². The Bertz CT molecular complexity index is 1640. The van der Waals surface area contributed by atoms with Gasteiger partial charge in [-0.1, -0.05) is 312 Å².